The molecule has 1 aliphatic rings. The summed E-state index contributed by atoms with van der Waals surface area (Å²) in [5.41, 5.74) is 2.38. The Labute approximate surface area is 139 Å². The first-order chi connectivity index (χ1) is 10.7. The Balaban J connectivity index is 1.68. The molecular formula is C16H9BrClNO3. The first kappa shape index (κ1) is 13.7. The third kappa shape index (κ3) is 2.46. The Morgan fingerprint density at radius 2 is 1.91 bits per heavy atom. The molecule has 2 aromatic carbocycles. The minimum Gasteiger partial charge on any atom is -0.454 e. The molecule has 110 valence electrons. The highest BCUT2D eigenvalue weighted by Gasteiger charge is 2.15. The van der Waals surface area contributed by atoms with Crippen molar-refractivity contribution in [3.63, 3.8) is 0 Å². The number of ether oxygens (including phenoxy) is 2. The number of halogens is 2. The van der Waals surface area contributed by atoms with Gasteiger partial charge in [0.2, 0.25) is 12.7 Å². The Hall–Kier alpha value is -1.98. The maximum Gasteiger partial charge on any atom is 0.231 e. The molecule has 4 rings (SSSR count). The standard InChI is InChI=1S/C16H9BrClNO3/c17-11-7-15-14(20-8-21-15)5-9(11)1-4-16-19-12-6-10(18)2-3-13(12)22-16/h1-7H,8H2/b4-1+. The second-order valence-corrected chi connectivity index (χ2v) is 6.02. The fourth-order valence-electron chi connectivity index (χ4n) is 2.21. The Morgan fingerprint density at radius 3 is 2.77 bits per heavy atom. The van der Waals surface area contributed by atoms with Gasteiger partial charge in [0.1, 0.15) is 5.52 Å². The lowest BCUT2D eigenvalue weighted by Gasteiger charge is -2.01. The topological polar surface area (TPSA) is 44.5 Å². The third-order valence-corrected chi connectivity index (χ3v) is 4.19. The largest absolute Gasteiger partial charge is 0.454 e. The van der Waals surface area contributed by atoms with Crippen molar-refractivity contribution in [1.82, 2.24) is 4.98 Å². The monoisotopic (exact) mass is 377 g/mol. The van der Waals surface area contributed by atoms with Crippen molar-refractivity contribution in [1.29, 1.82) is 0 Å². The van der Waals surface area contributed by atoms with Crippen LogP contribution in [0.2, 0.25) is 5.02 Å². The molecule has 6 heteroatoms. The van der Waals surface area contributed by atoms with E-state index in [1.165, 1.54) is 0 Å². The van der Waals surface area contributed by atoms with Crippen LogP contribution in [0.5, 0.6) is 11.5 Å². The molecule has 0 saturated carbocycles. The van der Waals surface area contributed by atoms with E-state index in [9.17, 15) is 0 Å². The molecule has 22 heavy (non-hydrogen) atoms. The van der Waals surface area contributed by atoms with Crippen molar-refractivity contribution < 1.29 is 13.9 Å². The molecule has 3 aromatic rings. The van der Waals surface area contributed by atoms with E-state index in [1.54, 1.807) is 24.3 Å². The lowest BCUT2D eigenvalue weighted by atomic mass is 10.2. The van der Waals surface area contributed by atoms with E-state index in [4.69, 9.17) is 25.5 Å². The summed E-state index contributed by atoms with van der Waals surface area (Å²) in [5.74, 6) is 1.98. The quantitative estimate of drug-likeness (QED) is 0.619. The van der Waals surface area contributed by atoms with Crippen LogP contribution >= 0.6 is 27.5 Å². The summed E-state index contributed by atoms with van der Waals surface area (Å²) in [6.07, 6.45) is 3.70. The summed E-state index contributed by atoms with van der Waals surface area (Å²) in [7, 11) is 0. The van der Waals surface area contributed by atoms with Crippen molar-refractivity contribution in [2.24, 2.45) is 0 Å². The van der Waals surface area contributed by atoms with Crippen molar-refractivity contribution >= 4 is 50.8 Å². The summed E-state index contributed by atoms with van der Waals surface area (Å²) in [4.78, 5) is 4.38. The van der Waals surface area contributed by atoms with Crippen molar-refractivity contribution in [2.75, 3.05) is 6.79 Å². The molecule has 4 nitrogen and oxygen atoms in total. The van der Waals surface area contributed by atoms with E-state index in [1.807, 2.05) is 18.2 Å². The van der Waals surface area contributed by atoms with E-state index < -0.39 is 0 Å². The fourth-order valence-corrected chi connectivity index (χ4v) is 2.83. The number of rotatable bonds is 2. The van der Waals surface area contributed by atoms with Crippen LogP contribution in [0.3, 0.4) is 0 Å². The van der Waals surface area contributed by atoms with Gasteiger partial charge in [0.25, 0.3) is 0 Å². The fraction of sp³-hybridized carbons (Fsp3) is 0.0625. The highest BCUT2D eigenvalue weighted by molar-refractivity contribution is 9.10. The molecule has 0 spiro atoms. The van der Waals surface area contributed by atoms with Crippen LogP contribution < -0.4 is 9.47 Å². The molecule has 0 radical (unpaired) electrons. The molecule has 0 unspecified atom stereocenters. The molecule has 0 atom stereocenters. The van der Waals surface area contributed by atoms with Gasteiger partial charge in [-0.1, -0.05) is 27.5 Å². The first-order valence-corrected chi connectivity index (χ1v) is 7.69. The van der Waals surface area contributed by atoms with Gasteiger partial charge in [0, 0.05) is 15.6 Å². The summed E-state index contributed by atoms with van der Waals surface area (Å²) in [5, 5.41) is 0.634. The smallest absolute Gasteiger partial charge is 0.231 e. The van der Waals surface area contributed by atoms with E-state index in [-0.39, 0.29) is 6.79 Å². The van der Waals surface area contributed by atoms with E-state index >= 15 is 0 Å². The first-order valence-electron chi connectivity index (χ1n) is 6.52. The van der Waals surface area contributed by atoms with Gasteiger partial charge in [0.05, 0.1) is 0 Å². The van der Waals surface area contributed by atoms with Gasteiger partial charge >= 0.3 is 0 Å². The SMILES string of the molecule is Clc1ccc2oc(/C=C/c3cc4c(cc3Br)OCO4)nc2c1. The van der Waals surface area contributed by atoms with E-state index in [0.717, 1.165) is 27.1 Å². The minimum atomic E-state index is 0.251. The predicted octanol–water partition coefficient (Wildman–Crippen LogP) is 5.14. The van der Waals surface area contributed by atoms with Gasteiger partial charge in [-0.3, -0.25) is 0 Å². The van der Waals surface area contributed by atoms with Crippen LogP contribution in [-0.2, 0) is 0 Å². The Bertz CT molecular complexity index is 904. The van der Waals surface area contributed by atoms with Gasteiger partial charge in [0.15, 0.2) is 17.1 Å². The van der Waals surface area contributed by atoms with Gasteiger partial charge < -0.3 is 13.9 Å². The maximum atomic E-state index is 5.94. The second kappa shape index (κ2) is 5.34. The summed E-state index contributed by atoms with van der Waals surface area (Å²) in [6, 6.07) is 9.14. The maximum absolute atomic E-state index is 5.94. The zero-order chi connectivity index (χ0) is 15.1. The van der Waals surface area contributed by atoms with E-state index in [0.29, 0.717) is 16.5 Å². The zero-order valence-electron chi connectivity index (χ0n) is 11.2. The average Bonchev–Trinajstić information content (AvgIpc) is 3.09. The number of aromatic nitrogens is 1. The lowest BCUT2D eigenvalue weighted by Crippen LogP contribution is -1.92. The predicted molar refractivity (Wildman–Crippen MR) is 88.2 cm³/mol. The zero-order valence-corrected chi connectivity index (χ0v) is 13.5. The van der Waals surface area contributed by atoms with E-state index in [2.05, 4.69) is 20.9 Å². The Kier molecular flexibility index (Phi) is 3.32. The normalized spacial score (nSPS) is 13.4. The van der Waals surface area contributed by atoms with Crippen LogP contribution in [0, 0.1) is 0 Å². The van der Waals surface area contributed by atoms with Crippen molar-refractivity contribution in [3.05, 3.63) is 51.3 Å². The number of benzene rings is 2. The van der Waals surface area contributed by atoms with Crippen LogP contribution in [0.1, 0.15) is 11.5 Å². The molecule has 0 saturated heterocycles. The minimum absolute atomic E-state index is 0.251. The molecule has 0 fully saturated rings. The van der Waals surface area contributed by atoms with Crippen LogP contribution in [0.15, 0.2) is 39.2 Å². The molecule has 2 heterocycles. The number of hydrogen-bond acceptors (Lipinski definition) is 4. The molecule has 0 amide bonds. The highest BCUT2D eigenvalue weighted by Crippen LogP contribution is 2.37. The summed E-state index contributed by atoms with van der Waals surface area (Å²) >= 11 is 9.46. The number of hydrogen-bond donors (Lipinski definition) is 0. The molecule has 0 N–H and O–H groups in total. The second-order valence-electron chi connectivity index (χ2n) is 4.72. The molecular weight excluding hydrogens is 370 g/mol. The average molecular weight is 379 g/mol. The van der Waals surface area contributed by atoms with Crippen LogP contribution in [0.25, 0.3) is 23.3 Å². The number of oxazole rings is 1. The molecule has 1 aromatic heterocycles. The third-order valence-electron chi connectivity index (χ3n) is 3.26. The number of fused-ring (bicyclic) bond motifs is 2. The van der Waals surface area contributed by atoms with Crippen LogP contribution in [-0.4, -0.2) is 11.8 Å². The molecule has 0 bridgehead atoms. The highest BCUT2D eigenvalue weighted by atomic mass is 79.9. The van der Waals surface area contributed by atoms with Crippen LogP contribution in [0.4, 0.5) is 0 Å². The Morgan fingerprint density at radius 1 is 1.09 bits per heavy atom. The number of nitrogens with zero attached hydrogens (tertiary/aromatic N) is 1. The lowest BCUT2D eigenvalue weighted by molar-refractivity contribution is 0.174. The molecule has 1 aliphatic heterocycles. The van der Waals surface area contributed by atoms with Gasteiger partial charge in [-0.05, 0) is 42.0 Å². The van der Waals surface area contributed by atoms with Crippen molar-refractivity contribution in [2.45, 2.75) is 0 Å². The van der Waals surface area contributed by atoms with Gasteiger partial charge in [-0.25, -0.2) is 4.98 Å². The van der Waals surface area contributed by atoms with Crippen molar-refractivity contribution in [3.8, 4) is 11.5 Å². The van der Waals surface area contributed by atoms with Gasteiger partial charge in [-0.15, -0.1) is 0 Å². The molecule has 0 aliphatic carbocycles. The van der Waals surface area contributed by atoms with Gasteiger partial charge in [-0.2, -0.15) is 0 Å². The summed E-state index contributed by atoms with van der Waals surface area (Å²) in [6.45, 7) is 0.251. The summed E-state index contributed by atoms with van der Waals surface area (Å²) < 4.78 is 17.3.